The van der Waals surface area contributed by atoms with Crippen molar-refractivity contribution >= 4 is 35.5 Å². The van der Waals surface area contributed by atoms with Gasteiger partial charge in [0.05, 0.1) is 7.11 Å². The Bertz CT molecular complexity index is 1210. The van der Waals surface area contributed by atoms with Crippen LogP contribution in [0, 0.1) is 0 Å². The van der Waals surface area contributed by atoms with E-state index in [-0.39, 0.29) is 30.4 Å². The fourth-order valence-electron chi connectivity index (χ4n) is 3.66. The van der Waals surface area contributed by atoms with Crippen LogP contribution in [0.25, 0.3) is 0 Å². The zero-order chi connectivity index (χ0) is 25.1. The molecular weight excluding hydrogens is 480 g/mol. The largest absolute Gasteiger partial charge is 0.493 e. The van der Waals surface area contributed by atoms with E-state index >= 15 is 0 Å². The summed E-state index contributed by atoms with van der Waals surface area (Å²) in [6, 6.07) is 9.23. The molecule has 1 fully saturated rings. The fourth-order valence-corrected chi connectivity index (χ4v) is 4.99. The molecule has 0 aliphatic carbocycles. The first-order valence-corrected chi connectivity index (χ1v) is 11.5. The lowest BCUT2D eigenvalue weighted by molar-refractivity contribution is -0.149. The number of β-lactam (4-membered cyclic amide) rings is 1. The Balaban J connectivity index is 1.38. The van der Waals surface area contributed by atoms with E-state index in [1.807, 2.05) is 6.07 Å². The minimum absolute atomic E-state index is 0.0137. The number of carboxylic acids is 1. The Hall–Kier alpha value is -3.93. The van der Waals surface area contributed by atoms with Gasteiger partial charge in [-0.25, -0.2) is 4.79 Å². The summed E-state index contributed by atoms with van der Waals surface area (Å²) < 4.78 is 21.4. The first-order chi connectivity index (χ1) is 16.8. The van der Waals surface area contributed by atoms with Gasteiger partial charge in [-0.3, -0.25) is 19.3 Å². The minimum Gasteiger partial charge on any atom is -0.493 e. The van der Waals surface area contributed by atoms with Gasteiger partial charge < -0.3 is 29.1 Å². The first kappa shape index (κ1) is 24.2. The van der Waals surface area contributed by atoms with Gasteiger partial charge in [0, 0.05) is 18.2 Å². The normalized spacial score (nSPS) is 18.9. The third-order valence-corrected chi connectivity index (χ3v) is 6.65. The lowest BCUT2D eigenvalue weighted by Gasteiger charge is -2.49. The van der Waals surface area contributed by atoms with Gasteiger partial charge in [-0.15, -0.1) is 11.8 Å². The van der Waals surface area contributed by atoms with Gasteiger partial charge in [0.2, 0.25) is 0 Å². The third-order valence-electron chi connectivity index (χ3n) is 5.31. The Kier molecular flexibility index (Phi) is 7.01. The number of furan rings is 1. The number of benzene rings is 1. The highest BCUT2D eigenvalue weighted by Gasteiger charge is 2.54. The second kappa shape index (κ2) is 10.1. The zero-order valence-corrected chi connectivity index (χ0v) is 19.6. The van der Waals surface area contributed by atoms with Crippen LogP contribution in [0.15, 0.2) is 52.1 Å². The van der Waals surface area contributed by atoms with Gasteiger partial charge in [0.25, 0.3) is 11.8 Å². The van der Waals surface area contributed by atoms with Crippen LogP contribution in [0.4, 0.5) is 0 Å². The number of nitrogens with zero attached hydrogens (tertiary/aromatic N) is 1. The van der Waals surface area contributed by atoms with Crippen LogP contribution in [-0.4, -0.2) is 64.6 Å². The van der Waals surface area contributed by atoms with Crippen molar-refractivity contribution in [2.24, 2.45) is 0 Å². The molecular formula is C23H22N2O9S. The molecule has 2 amide bonds. The molecule has 1 aromatic heterocycles. The average molecular weight is 503 g/mol. The highest BCUT2D eigenvalue weighted by Crippen LogP contribution is 2.40. The topological polar surface area (TPSA) is 145 Å². The number of carboxylic acid groups (broad SMARTS) is 1. The van der Waals surface area contributed by atoms with E-state index in [4.69, 9.17) is 18.6 Å². The number of rotatable bonds is 9. The molecule has 0 bridgehead atoms. The standard InChI is InChI=1S/C23H22N2O9S/c1-12(26)32-9-13-11-35-22-18(21(28)25(22)19(13)23(29)30)24-20(27)17-8-7-14(34-17)10-33-16-6-4-3-5-15(16)31-2/h3-8,18,22H,9-11H2,1-2H3,(H,24,27)(H,29,30). The van der Waals surface area contributed by atoms with E-state index in [2.05, 4.69) is 5.32 Å². The number of carbonyl (C=O) groups excluding carboxylic acids is 3. The molecule has 12 heteroatoms. The number of methoxy groups -OCH3 is 1. The summed E-state index contributed by atoms with van der Waals surface area (Å²) in [7, 11) is 1.53. The molecule has 2 unspecified atom stereocenters. The number of hydrogen-bond acceptors (Lipinski definition) is 9. The van der Waals surface area contributed by atoms with Crippen molar-refractivity contribution in [1.29, 1.82) is 0 Å². The molecule has 11 nitrogen and oxygen atoms in total. The number of ether oxygens (including phenoxy) is 3. The number of carbonyl (C=O) groups is 4. The number of amides is 2. The summed E-state index contributed by atoms with van der Waals surface area (Å²) in [5, 5.41) is 11.6. The summed E-state index contributed by atoms with van der Waals surface area (Å²) in [5.74, 6) is -1.36. The van der Waals surface area contributed by atoms with Crippen molar-refractivity contribution in [3.63, 3.8) is 0 Å². The second-order valence-electron chi connectivity index (χ2n) is 7.60. The molecule has 0 radical (unpaired) electrons. The maximum Gasteiger partial charge on any atom is 0.352 e. The molecule has 0 spiro atoms. The van der Waals surface area contributed by atoms with Crippen LogP contribution in [-0.2, 0) is 25.7 Å². The summed E-state index contributed by atoms with van der Waals surface area (Å²) in [6.07, 6.45) is 0. The number of fused-ring (bicyclic) bond motifs is 1. The number of nitrogens with one attached hydrogen (secondary N) is 1. The van der Waals surface area contributed by atoms with E-state index in [1.54, 1.807) is 24.3 Å². The maximum atomic E-state index is 12.7. The van der Waals surface area contributed by atoms with Crippen molar-refractivity contribution in [2.75, 3.05) is 19.5 Å². The predicted molar refractivity (Wildman–Crippen MR) is 122 cm³/mol. The van der Waals surface area contributed by atoms with Crippen molar-refractivity contribution in [3.8, 4) is 11.5 Å². The number of aliphatic carboxylic acids is 1. The molecule has 3 heterocycles. The summed E-state index contributed by atoms with van der Waals surface area (Å²) in [4.78, 5) is 49.4. The fraction of sp³-hybridized carbons (Fsp3) is 0.304. The number of para-hydroxylation sites is 2. The molecule has 2 aliphatic heterocycles. The maximum absolute atomic E-state index is 12.7. The molecule has 2 aliphatic rings. The van der Waals surface area contributed by atoms with E-state index in [9.17, 15) is 24.3 Å². The average Bonchev–Trinajstić information content (AvgIpc) is 3.33. The smallest absolute Gasteiger partial charge is 0.352 e. The molecule has 2 atom stereocenters. The molecule has 1 aromatic carbocycles. The Morgan fingerprint density at radius 3 is 2.60 bits per heavy atom. The van der Waals surface area contributed by atoms with Crippen LogP contribution >= 0.6 is 11.8 Å². The van der Waals surface area contributed by atoms with Gasteiger partial charge in [-0.05, 0) is 24.3 Å². The first-order valence-electron chi connectivity index (χ1n) is 10.5. The summed E-state index contributed by atoms with van der Waals surface area (Å²) in [6.45, 7) is 1.05. The molecule has 2 aromatic rings. The van der Waals surface area contributed by atoms with E-state index < -0.39 is 35.2 Å². The van der Waals surface area contributed by atoms with Gasteiger partial charge in [0.1, 0.15) is 36.1 Å². The van der Waals surface area contributed by atoms with Gasteiger partial charge in [-0.2, -0.15) is 0 Å². The zero-order valence-electron chi connectivity index (χ0n) is 18.8. The SMILES string of the molecule is COc1ccccc1OCc1ccc(C(=O)NC2C(=O)N3C(C(=O)O)=C(COC(C)=O)CSC23)o1. The highest BCUT2D eigenvalue weighted by molar-refractivity contribution is 8.00. The van der Waals surface area contributed by atoms with E-state index in [1.165, 1.54) is 31.9 Å². The number of thioether (sulfide) groups is 1. The van der Waals surface area contributed by atoms with Crippen molar-refractivity contribution in [1.82, 2.24) is 10.2 Å². The Labute approximate surface area is 204 Å². The predicted octanol–water partition coefficient (Wildman–Crippen LogP) is 1.78. The lowest BCUT2D eigenvalue weighted by atomic mass is 10.0. The molecule has 2 N–H and O–H groups in total. The quantitative estimate of drug-likeness (QED) is 0.384. The summed E-state index contributed by atoms with van der Waals surface area (Å²) in [5.41, 5.74) is 0.0945. The van der Waals surface area contributed by atoms with Crippen molar-refractivity contribution in [2.45, 2.75) is 24.9 Å². The molecule has 4 rings (SSSR count). The Morgan fingerprint density at radius 2 is 1.91 bits per heavy atom. The van der Waals surface area contributed by atoms with Gasteiger partial charge >= 0.3 is 11.9 Å². The second-order valence-corrected chi connectivity index (χ2v) is 8.71. The van der Waals surface area contributed by atoms with Crippen molar-refractivity contribution < 1.29 is 42.9 Å². The monoisotopic (exact) mass is 502 g/mol. The van der Waals surface area contributed by atoms with Crippen LogP contribution in [0.3, 0.4) is 0 Å². The number of esters is 1. The molecule has 0 saturated carbocycles. The minimum atomic E-state index is -1.30. The van der Waals surface area contributed by atoms with Crippen LogP contribution in [0.1, 0.15) is 23.2 Å². The lowest BCUT2D eigenvalue weighted by Crippen LogP contribution is -2.70. The third kappa shape index (κ3) is 4.97. The van der Waals surface area contributed by atoms with E-state index in [0.717, 1.165) is 4.90 Å². The van der Waals surface area contributed by atoms with Crippen LogP contribution in [0.2, 0.25) is 0 Å². The Morgan fingerprint density at radius 1 is 1.17 bits per heavy atom. The van der Waals surface area contributed by atoms with Gasteiger partial charge in [0.15, 0.2) is 17.3 Å². The van der Waals surface area contributed by atoms with E-state index in [0.29, 0.717) is 22.8 Å². The molecule has 184 valence electrons. The van der Waals surface area contributed by atoms with Crippen LogP contribution < -0.4 is 14.8 Å². The number of hydrogen-bond donors (Lipinski definition) is 2. The molecule has 1 saturated heterocycles. The van der Waals surface area contributed by atoms with Crippen LogP contribution in [0.5, 0.6) is 11.5 Å². The van der Waals surface area contributed by atoms with Crippen molar-refractivity contribution in [3.05, 3.63) is 59.2 Å². The molecule has 35 heavy (non-hydrogen) atoms. The highest BCUT2D eigenvalue weighted by atomic mass is 32.2. The summed E-state index contributed by atoms with van der Waals surface area (Å²) >= 11 is 1.27. The van der Waals surface area contributed by atoms with Gasteiger partial charge in [-0.1, -0.05) is 12.1 Å².